The van der Waals surface area contributed by atoms with Crippen LogP contribution in [0.5, 0.6) is 5.75 Å². The Morgan fingerprint density at radius 2 is 1.70 bits per heavy atom. The summed E-state index contributed by atoms with van der Waals surface area (Å²) < 4.78 is 5.24. The molecule has 4 rings (SSSR count). The molecule has 1 fully saturated rings. The maximum absolute atomic E-state index is 13.1. The van der Waals surface area contributed by atoms with Gasteiger partial charge in [0.1, 0.15) is 17.4 Å². The van der Waals surface area contributed by atoms with Crippen LogP contribution in [0.15, 0.2) is 36.4 Å². The third-order valence-electron chi connectivity index (χ3n) is 5.37. The van der Waals surface area contributed by atoms with Crippen LogP contribution in [0.2, 0.25) is 0 Å². The van der Waals surface area contributed by atoms with Gasteiger partial charge in [0.15, 0.2) is 0 Å². The number of methoxy groups -OCH3 is 1. The molecule has 0 N–H and O–H groups in total. The van der Waals surface area contributed by atoms with E-state index in [9.17, 15) is 4.79 Å². The number of thiophene rings is 1. The van der Waals surface area contributed by atoms with E-state index in [-0.39, 0.29) is 5.91 Å². The van der Waals surface area contributed by atoms with Crippen LogP contribution >= 0.6 is 11.3 Å². The summed E-state index contributed by atoms with van der Waals surface area (Å²) in [4.78, 5) is 28.1. The van der Waals surface area contributed by atoms with Gasteiger partial charge >= 0.3 is 0 Å². The van der Waals surface area contributed by atoms with Gasteiger partial charge in [0.2, 0.25) is 0 Å². The average Bonchev–Trinajstić information content (AvgIpc) is 3.14. The molecule has 6 nitrogen and oxygen atoms in total. The first kappa shape index (κ1) is 20.3. The summed E-state index contributed by atoms with van der Waals surface area (Å²) in [5, 5.41) is 0. The zero-order chi connectivity index (χ0) is 21.3. The molecule has 1 aliphatic rings. The van der Waals surface area contributed by atoms with Gasteiger partial charge in [-0.3, -0.25) is 4.79 Å². The Bertz CT molecular complexity index is 1030. The standard InChI is InChI=1S/C23H26N4O2S/c1-15-13-22(25-17(3)24-15)26-9-11-27(12-10-26)23(28)21-14-20(16(2)30-21)18-5-7-19(29-4)8-6-18/h5-8,13-14H,9-12H2,1-4H3. The number of benzene rings is 1. The minimum atomic E-state index is 0.109. The third-order valence-corrected chi connectivity index (χ3v) is 6.41. The number of nitrogens with zero attached hydrogens (tertiary/aromatic N) is 4. The number of hydrogen-bond acceptors (Lipinski definition) is 6. The summed E-state index contributed by atoms with van der Waals surface area (Å²) in [7, 11) is 1.66. The number of aryl methyl sites for hydroxylation is 3. The first-order chi connectivity index (χ1) is 14.4. The molecule has 3 heterocycles. The highest BCUT2D eigenvalue weighted by molar-refractivity contribution is 7.14. The van der Waals surface area contributed by atoms with Gasteiger partial charge < -0.3 is 14.5 Å². The predicted octanol–water partition coefficient (Wildman–Crippen LogP) is 4.10. The minimum Gasteiger partial charge on any atom is -0.497 e. The second kappa shape index (κ2) is 8.44. The molecule has 0 bridgehead atoms. The lowest BCUT2D eigenvalue weighted by atomic mass is 10.1. The molecular weight excluding hydrogens is 396 g/mol. The van der Waals surface area contributed by atoms with Crippen molar-refractivity contribution in [3.63, 3.8) is 0 Å². The number of amides is 1. The molecule has 0 spiro atoms. The number of piperazine rings is 1. The Labute approximate surface area is 181 Å². The van der Waals surface area contributed by atoms with Crippen LogP contribution in [-0.4, -0.2) is 54.1 Å². The fraction of sp³-hybridized carbons (Fsp3) is 0.348. The van der Waals surface area contributed by atoms with Crippen LogP contribution in [0, 0.1) is 20.8 Å². The summed E-state index contributed by atoms with van der Waals surface area (Å²) in [6.07, 6.45) is 0. The lowest BCUT2D eigenvalue weighted by molar-refractivity contribution is 0.0751. The molecule has 3 aromatic rings. The Balaban J connectivity index is 1.45. The zero-order valence-corrected chi connectivity index (χ0v) is 18.6. The van der Waals surface area contributed by atoms with Gasteiger partial charge in [0, 0.05) is 42.8 Å². The fourth-order valence-corrected chi connectivity index (χ4v) is 4.81. The summed E-state index contributed by atoms with van der Waals surface area (Å²) in [5.74, 6) is 2.66. The van der Waals surface area contributed by atoms with Crippen molar-refractivity contribution in [3.8, 4) is 16.9 Å². The number of aromatic nitrogens is 2. The highest BCUT2D eigenvalue weighted by Gasteiger charge is 2.25. The quantitative estimate of drug-likeness (QED) is 0.634. The second-order valence-corrected chi connectivity index (χ2v) is 8.76. The number of hydrogen-bond donors (Lipinski definition) is 0. The summed E-state index contributed by atoms with van der Waals surface area (Å²) in [5.41, 5.74) is 3.18. The van der Waals surface area contributed by atoms with Crippen molar-refractivity contribution in [2.75, 3.05) is 38.2 Å². The molecule has 2 aromatic heterocycles. The molecule has 0 radical (unpaired) electrons. The molecular formula is C23H26N4O2S. The summed E-state index contributed by atoms with van der Waals surface area (Å²) in [6.45, 7) is 8.90. The van der Waals surface area contributed by atoms with Gasteiger partial charge in [-0.2, -0.15) is 0 Å². The normalized spacial score (nSPS) is 14.1. The molecule has 1 aromatic carbocycles. The molecule has 156 valence electrons. The van der Waals surface area contributed by atoms with E-state index in [0.29, 0.717) is 13.1 Å². The van der Waals surface area contributed by atoms with Crippen molar-refractivity contribution in [1.29, 1.82) is 0 Å². The Kier molecular flexibility index (Phi) is 5.72. The largest absolute Gasteiger partial charge is 0.497 e. The zero-order valence-electron chi connectivity index (χ0n) is 17.8. The monoisotopic (exact) mass is 422 g/mol. The van der Waals surface area contributed by atoms with E-state index in [1.807, 2.05) is 55.1 Å². The van der Waals surface area contributed by atoms with Gasteiger partial charge in [-0.05, 0) is 50.1 Å². The Morgan fingerprint density at radius 1 is 1.00 bits per heavy atom. The Hall–Kier alpha value is -2.93. The minimum absolute atomic E-state index is 0.109. The van der Waals surface area contributed by atoms with Gasteiger partial charge in [-0.1, -0.05) is 12.1 Å². The number of rotatable bonds is 4. The molecule has 1 aliphatic heterocycles. The first-order valence-corrected chi connectivity index (χ1v) is 10.9. The second-order valence-electron chi connectivity index (χ2n) is 7.50. The molecule has 7 heteroatoms. The van der Waals surface area contributed by atoms with Crippen LogP contribution in [0.1, 0.15) is 26.1 Å². The van der Waals surface area contributed by atoms with E-state index < -0.39 is 0 Å². The average molecular weight is 423 g/mol. The molecule has 30 heavy (non-hydrogen) atoms. The highest BCUT2D eigenvalue weighted by atomic mass is 32.1. The first-order valence-electron chi connectivity index (χ1n) is 10.1. The number of carbonyl (C=O) groups is 1. The number of ether oxygens (including phenoxy) is 1. The predicted molar refractivity (Wildman–Crippen MR) is 121 cm³/mol. The smallest absolute Gasteiger partial charge is 0.264 e. The van der Waals surface area contributed by atoms with E-state index in [1.165, 1.54) is 0 Å². The lowest BCUT2D eigenvalue weighted by Crippen LogP contribution is -2.49. The van der Waals surface area contributed by atoms with Crippen LogP contribution in [0.4, 0.5) is 5.82 Å². The van der Waals surface area contributed by atoms with Crippen LogP contribution in [0.3, 0.4) is 0 Å². The van der Waals surface area contributed by atoms with Crippen molar-refractivity contribution in [1.82, 2.24) is 14.9 Å². The van der Waals surface area contributed by atoms with Crippen molar-refractivity contribution >= 4 is 23.1 Å². The fourth-order valence-electron chi connectivity index (χ4n) is 3.80. The van der Waals surface area contributed by atoms with E-state index in [0.717, 1.165) is 57.1 Å². The number of anilines is 1. The van der Waals surface area contributed by atoms with Gasteiger partial charge in [-0.25, -0.2) is 9.97 Å². The SMILES string of the molecule is COc1ccc(-c2cc(C(=O)N3CCN(c4cc(C)nc(C)n4)CC3)sc2C)cc1. The molecule has 1 amide bonds. The maximum Gasteiger partial charge on any atom is 0.264 e. The number of carbonyl (C=O) groups excluding carboxylic acids is 1. The van der Waals surface area contributed by atoms with Gasteiger partial charge in [0.05, 0.1) is 12.0 Å². The third kappa shape index (κ3) is 4.16. The van der Waals surface area contributed by atoms with Crippen LogP contribution in [-0.2, 0) is 0 Å². The molecule has 0 atom stereocenters. The highest BCUT2D eigenvalue weighted by Crippen LogP contribution is 2.33. The van der Waals surface area contributed by atoms with Crippen LogP contribution in [0.25, 0.3) is 11.1 Å². The van der Waals surface area contributed by atoms with E-state index >= 15 is 0 Å². The maximum atomic E-state index is 13.1. The summed E-state index contributed by atoms with van der Waals surface area (Å²) in [6, 6.07) is 12.0. The van der Waals surface area contributed by atoms with Crippen molar-refractivity contribution in [2.45, 2.75) is 20.8 Å². The molecule has 0 unspecified atom stereocenters. The van der Waals surface area contributed by atoms with Crippen molar-refractivity contribution in [3.05, 3.63) is 57.7 Å². The van der Waals surface area contributed by atoms with Gasteiger partial charge in [-0.15, -0.1) is 11.3 Å². The van der Waals surface area contributed by atoms with Crippen molar-refractivity contribution < 1.29 is 9.53 Å². The van der Waals surface area contributed by atoms with Gasteiger partial charge in [0.25, 0.3) is 5.91 Å². The lowest BCUT2D eigenvalue weighted by Gasteiger charge is -2.35. The van der Waals surface area contributed by atoms with E-state index in [1.54, 1.807) is 18.4 Å². The van der Waals surface area contributed by atoms with Crippen molar-refractivity contribution in [2.24, 2.45) is 0 Å². The molecule has 0 saturated carbocycles. The summed E-state index contributed by atoms with van der Waals surface area (Å²) >= 11 is 1.57. The van der Waals surface area contributed by atoms with E-state index in [4.69, 9.17) is 4.74 Å². The topological polar surface area (TPSA) is 58.6 Å². The van der Waals surface area contributed by atoms with Crippen LogP contribution < -0.4 is 9.64 Å². The molecule has 1 saturated heterocycles. The Morgan fingerprint density at radius 3 is 2.33 bits per heavy atom. The van der Waals surface area contributed by atoms with E-state index in [2.05, 4.69) is 21.8 Å². The molecule has 0 aliphatic carbocycles.